The van der Waals surface area contributed by atoms with Gasteiger partial charge in [0.2, 0.25) is 0 Å². The van der Waals surface area contributed by atoms with Crippen LogP contribution in [-0.2, 0) is 14.9 Å². The van der Waals surface area contributed by atoms with Crippen LogP contribution in [0.5, 0.6) is 0 Å². The summed E-state index contributed by atoms with van der Waals surface area (Å²) in [5.41, 5.74) is 0. The number of halogens is 1. The van der Waals surface area contributed by atoms with Crippen LogP contribution in [0.3, 0.4) is 0 Å². The number of hydrogen-bond acceptors (Lipinski definition) is 4. The molecule has 1 saturated heterocycles. The molecule has 1 aliphatic heterocycles. The number of rotatable bonds is 4. The maximum absolute atomic E-state index is 11.7. The van der Waals surface area contributed by atoms with Gasteiger partial charge in [-0.15, -0.1) is 11.6 Å². The molecule has 1 rings (SSSR count). The molecule has 106 valence electrons. The van der Waals surface area contributed by atoms with E-state index in [1.165, 1.54) is 0 Å². The summed E-state index contributed by atoms with van der Waals surface area (Å²) < 4.78 is 36.5. The molecule has 0 aromatic carbocycles. The van der Waals surface area contributed by atoms with E-state index in [0.29, 0.717) is 12.8 Å². The molecule has 18 heavy (non-hydrogen) atoms. The summed E-state index contributed by atoms with van der Waals surface area (Å²) in [4.78, 5) is 12.8. The molecule has 0 radical (unpaired) electrons. The minimum Gasteiger partial charge on any atom is -0.449 e. The Morgan fingerprint density at radius 3 is 2.78 bits per heavy atom. The predicted octanol–water partition coefficient (Wildman–Crippen LogP) is 1.84. The molecule has 2 unspecified atom stereocenters. The highest BCUT2D eigenvalue weighted by Crippen LogP contribution is 2.25. The first-order chi connectivity index (χ1) is 8.36. The third-order valence-electron chi connectivity index (χ3n) is 2.79. The van der Waals surface area contributed by atoms with Gasteiger partial charge in [0, 0.05) is 18.3 Å². The van der Waals surface area contributed by atoms with Crippen molar-refractivity contribution in [1.82, 2.24) is 4.90 Å². The van der Waals surface area contributed by atoms with Crippen LogP contribution in [0, 0.1) is 0 Å². The van der Waals surface area contributed by atoms with Crippen LogP contribution in [-0.4, -0.2) is 47.9 Å². The van der Waals surface area contributed by atoms with Crippen molar-refractivity contribution in [3.8, 4) is 0 Å². The van der Waals surface area contributed by atoms with Gasteiger partial charge < -0.3 is 4.74 Å². The second-order valence-electron chi connectivity index (χ2n) is 4.25. The molecule has 1 aliphatic rings. The maximum Gasteiger partial charge on any atom is 0.410 e. The lowest BCUT2D eigenvalue weighted by Gasteiger charge is -2.34. The van der Waals surface area contributed by atoms with Gasteiger partial charge in [0.1, 0.15) is 0 Å². The van der Waals surface area contributed by atoms with Gasteiger partial charge in [-0.2, -0.15) is 8.42 Å². The monoisotopic (exact) mass is 299 g/mol. The third kappa shape index (κ3) is 4.29. The zero-order valence-corrected chi connectivity index (χ0v) is 11.8. The van der Waals surface area contributed by atoms with E-state index in [1.54, 1.807) is 0 Å². The zero-order chi connectivity index (χ0) is 13.8. The van der Waals surface area contributed by atoms with Crippen LogP contribution in [0.15, 0.2) is 0 Å². The molecule has 0 aromatic rings. The number of amides is 1. The van der Waals surface area contributed by atoms with Gasteiger partial charge in [0.15, 0.2) is 5.37 Å². The van der Waals surface area contributed by atoms with Crippen LogP contribution in [0.4, 0.5) is 4.79 Å². The van der Waals surface area contributed by atoms with Crippen molar-refractivity contribution in [2.45, 2.75) is 43.4 Å². The van der Waals surface area contributed by atoms with E-state index >= 15 is 0 Å². The molecule has 1 fully saturated rings. The van der Waals surface area contributed by atoms with Crippen LogP contribution >= 0.6 is 11.6 Å². The highest BCUT2D eigenvalue weighted by Gasteiger charge is 2.39. The lowest BCUT2D eigenvalue weighted by Crippen LogP contribution is -2.50. The summed E-state index contributed by atoms with van der Waals surface area (Å²) in [7, 11) is -4.34. The average molecular weight is 300 g/mol. The molecule has 2 atom stereocenters. The second-order valence-corrected chi connectivity index (χ2v) is 6.44. The lowest BCUT2D eigenvalue weighted by atomic mass is 10.1. The largest absolute Gasteiger partial charge is 0.449 e. The third-order valence-corrected chi connectivity index (χ3v) is 4.32. The van der Waals surface area contributed by atoms with Gasteiger partial charge in [-0.25, -0.2) is 4.79 Å². The van der Waals surface area contributed by atoms with Gasteiger partial charge in [0.25, 0.3) is 10.1 Å². The number of unbranched alkanes of at least 4 members (excludes halogenated alkanes) is 1. The molecule has 0 saturated carbocycles. The van der Waals surface area contributed by atoms with E-state index in [1.807, 2.05) is 6.92 Å². The lowest BCUT2D eigenvalue weighted by molar-refractivity contribution is 0.0859. The molecule has 0 bridgehead atoms. The highest BCUT2D eigenvalue weighted by molar-refractivity contribution is 7.86. The van der Waals surface area contributed by atoms with E-state index in [0.717, 1.165) is 11.3 Å². The smallest absolute Gasteiger partial charge is 0.410 e. The molecular weight excluding hydrogens is 282 g/mol. The van der Waals surface area contributed by atoms with Gasteiger partial charge >= 0.3 is 6.09 Å². The summed E-state index contributed by atoms with van der Waals surface area (Å²) in [6.45, 7) is 2.37. The van der Waals surface area contributed by atoms with Crippen LogP contribution in [0.1, 0.15) is 32.6 Å². The standard InChI is InChI=1S/C10H18ClNO5S/c1-2-3-6-17-10(13)12-5-4-8(11)7-9(12)18(14,15)16/h8-9H,2-7H2,1H3,(H,14,15,16). The van der Waals surface area contributed by atoms with Crippen LogP contribution in [0.25, 0.3) is 0 Å². The van der Waals surface area contributed by atoms with Crippen LogP contribution < -0.4 is 0 Å². The van der Waals surface area contributed by atoms with Crippen molar-refractivity contribution in [3.63, 3.8) is 0 Å². The van der Waals surface area contributed by atoms with Gasteiger partial charge in [-0.3, -0.25) is 9.45 Å². The van der Waals surface area contributed by atoms with Gasteiger partial charge in [-0.05, 0) is 12.8 Å². The Labute approximate surface area is 112 Å². The van der Waals surface area contributed by atoms with Crippen molar-refractivity contribution in [3.05, 3.63) is 0 Å². The van der Waals surface area contributed by atoms with E-state index in [-0.39, 0.29) is 24.9 Å². The number of piperidine rings is 1. The average Bonchev–Trinajstić information content (AvgIpc) is 2.28. The van der Waals surface area contributed by atoms with Gasteiger partial charge in [0.05, 0.1) is 6.61 Å². The number of carbonyl (C=O) groups excluding carboxylic acids is 1. The molecule has 0 aromatic heterocycles. The molecular formula is C10H18ClNO5S. The van der Waals surface area contributed by atoms with Crippen molar-refractivity contribution >= 4 is 27.8 Å². The maximum atomic E-state index is 11.7. The molecule has 0 aliphatic carbocycles. The van der Waals surface area contributed by atoms with Crippen molar-refractivity contribution in [2.75, 3.05) is 13.2 Å². The summed E-state index contributed by atoms with van der Waals surface area (Å²) in [6.07, 6.45) is 1.38. The number of ether oxygens (including phenoxy) is 1. The second kappa shape index (κ2) is 6.58. The van der Waals surface area contributed by atoms with E-state index in [9.17, 15) is 13.2 Å². The normalized spacial score (nSPS) is 24.9. The van der Waals surface area contributed by atoms with Crippen molar-refractivity contribution in [2.24, 2.45) is 0 Å². The molecule has 1 N–H and O–H groups in total. The topological polar surface area (TPSA) is 83.9 Å². The first kappa shape index (κ1) is 15.5. The minimum atomic E-state index is -4.34. The Balaban J connectivity index is 2.69. The summed E-state index contributed by atoms with van der Waals surface area (Å²) in [5, 5.41) is -1.67. The van der Waals surface area contributed by atoms with Gasteiger partial charge in [-0.1, -0.05) is 13.3 Å². The van der Waals surface area contributed by atoms with Crippen molar-refractivity contribution < 1.29 is 22.5 Å². The van der Waals surface area contributed by atoms with E-state index in [2.05, 4.69) is 0 Å². The molecule has 8 heteroatoms. The first-order valence-corrected chi connectivity index (χ1v) is 7.84. The zero-order valence-electron chi connectivity index (χ0n) is 10.2. The summed E-state index contributed by atoms with van der Waals surface area (Å²) in [5.74, 6) is 0. The fraction of sp³-hybridized carbons (Fsp3) is 0.900. The Morgan fingerprint density at radius 1 is 1.56 bits per heavy atom. The number of carbonyl (C=O) groups is 1. The quantitative estimate of drug-likeness (QED) is 0.486. The number of nitrogens with zero attached hydrogens (tertiary/aromatic N) is 1. The Hall–Kier alpha value is -0.530. The number of likely N-dealkylation sites (tertiary alicyclic amines) is 1. The Bertz CT molecular complexity index is 386. The Kier molecular flexibility index (Phi) is 5.68. The SMILES string of the molecule is CCCCOC(=O)N1CCC(Cl)CC1S(=O)(=O)O. The minimum absolute atomic E-state index is 0.0171. The molecule has 1 heterocycles. The molecule has 1 amide bonds. The Morgan fingerprint density at radius 2 is 2.22 bits per heavy atom. The fourth-order valence-electron chi connectivity index (χ4n) is 1.77. The predicted molar refractivity (Wildman–Crippen MR) is 67.2 cm³/mol. The van der Waals surface area contributed by atoms with Crippen LogP contribution in [0.2, 0.25) is 0 Å². The number of alkyl halides is 1. The first-order valence-electron chi connectivity index (χ1n) is 5.90. The fourth-order valence-corrected chi connectivity index (χ4v) is 3.13. The molecule has 6 nitrogen and oxygen atoms in total. The summed E-state index contributed by atoms with van der Waals surface area (Å²) in [6, 6.07) is 0. The van der Waals surface area contributed by atoms with E-state index in [4.69, 9.17) is 20.9 Å². The number of hydrogen-bond donors (Lipinski definition) is 1. The van der Waals surface area contributed by atoms with Crippen molar-refractivity contribution in [1.29, 1.82) is 0 Å². The highest BCUT2D eigenvalue weighted by atomic mass is 35.5. The molecule has 0 spiro atoms. The van der Waals surface area contributed by atoms with E-state index < -0.39 is 21.6 Å². The summed E-state index contributed by atoms with van der Waals surface area (Å²) >= 11 is 5.86.